The first kappa shape index (κ1) is 17.4. The summed E-state index contributed by atoms with van der Waals surface area (Å²) in [5, 5.41) is 0. The molecule has 1 heterocycles. The highest BCUT2D eigenvalue weighted by Crippen LogP contribution is 2.19. The molecule has 5 nitrogen and oxygen atoms in total. The third kappa shape index (κ3) is 6.56. The average Bonchev–Trinajstić information content (AvgIpc) is 2.51. The van der Waals surface area contributed by atoms with Crippen molar-refractivity contribution in [2.24, 2.45) is 15.9 Å². The summed E-state index contributed by atoms with van der Waals surface area (Å²) in [5.74, 6) is 1.000. The van der Waals surface area contributed by atoms with E-state index in [1.807, 2.05) is 19.2 Å². The van der Waals surface area contributed by atoms with Crippen molar-refractivity contribution in [3.8, 4) is 0 Å². The maximum absolute atomic E-state index is 11.3. The summed E-state index contributed by atoms with van der Waals surface area (Å²) in [6.07, 6.45) is 9.57. The first-order chi connectivity index (χ1) is 10.2. The highest BCUT2D eigenvalue weighted by molar-refractivity contribution is 5.87. The number of piperidine rings is 1. The molecule has 1 rings (SSSR count). The molecule has 1 saturated heterocycles. The Balaban J connectivity index is 2.42. The molecule has 5 heteroatoms. The van der Waals surface area contributed by atoms with E-state index in [1.54, 1.807) is 13.1 Å². The maximum atomic E-state index is 11.3. The van der Waals surface area contributed by atoms with Crippen molar-refractivity contribution >= 4 is 18.1 Å². The molecule has 0 radical (unpaired) electrons. The minimum Gasteiger partial charge on any atom is -0.463 e. The van der Waals surface area contributed by atoms with Gasteiger partial charge in [0.25, 0.3) is 0 Å². The quantitative estimate of drug-likeness (QED) is 0.339. The van der Waals surface area contributed by atoms with Gasteiger partial charge in [-0.15, -0.1) is 0 Å². The zero-order valence-electron chi connectivity index (χ0n) is 13.4. The molecule has 0 saturated carbocycles. The number of guanidine groups is 1. The molecule has 0 aliphatic carbocycles. The van der Waals surface area contributed by atoms with Crippen LogP contribution in [-0.2, 0) is 9.53 Å². The van der Waals surface area contributed by atoms with Crippen LogP contribution in [0, 0.1) is 5.92 Å². The molecule has 0 aromatic heterocycles. The lowest BCUT2D eigenvalue weighted by atomic mass is 9.96. The highest BCUT2D eigenvalue weighted by atomic mass is 16.5. The van der Waals surface area contributed by atoms with Crippen LogP contribution in [0.4, 0.5) is 0 Å². The number of carbonyl (C=O) groups is 1. The predicted octanol–water partition coefficient (Wildman–Crippen LogP) is 2.67. The van der Waals surface area contributed by atoms with Crippen molar-refractivity contribution in [2.75, 3.05) is 26.7 Å². The number of likely N-dealkylation sites (tertiary alicyclic amines) is 1. The molecule has 0 bridgehead atoms. The lowest BCUT2D eigenvalue weighted by molar-refractivity contribution is -0.137. The Morgan fingerprint density at radius 3 is 2.62 bits per heavy atom. The number of carbonyl (C=O) groups excluding carboxylic acids is 1. The Bertz CT molecular complexity index is 394. The van der Waals surface area contributed by atoms with Crippen molar-refractivity contribution in [3.63, 3.8) is 0 Å². The number of allylic oxidation sites excluding steroid dienone is 1. The van der Waals surface area contributed by atoms with Gasteiger partial charge < -0.3 is 9.64 Å². The standard InChI is InChI=1S/C16H27N3O2/c1-4-6-11-18-16(17-3)19-12-9-14(10-13-19)7-8-15(20)21-5-2/h7-8,11,14H,4-6,9-10,12-13H2,1-3H3/b8-7+,17-16?,18-11-. The van der Waals surface area contributed by atoms with Crippen LogP contribution in [0.3, 0.4) is 0 Å². The zero-order valence-corrected chi connectivity index (χ0v) is 13.4. The van der Waals surface area contributed by atoms with Crippen LogP contribution in [0.15, 0.2) is 22.1 Å². The number of rotatable bonds is 5. The van der Waals surface area contributed by atoms with Gasteiger partial charge in [0, 0.05) is 32.4 Å². The SMILES string of the molecule is CCC/C=N\C(=NC)N1CCC(/C=C/C(=O)OCC)CC1. The fourth-order valence-corrected chi connectivity index (χ4v) is 2.25. The highest BCUT2D eigenvalue weighted by Gasteiger charge is 2.19. The van der Waals surface area contributed by atoms with E-state index in [2.05, 4.69) is 21.8 Å². The molecule has 0 unspecified atom stereocenters. The Labute approximate surface area is 127 Å². The van der Waals surface area contributed by atoms with Crippen molar-refractivity contribution in [1.29, 1.82) is 0 Å². The van der Waals surface area contributed by atoms with Gasteiger partial charge in [0.2, 0.25) is 5.96 Å². The third-order valence-corrected chi connectivity index (χ3v) is 3.44. The van der Waals surface area contributed by atoms with Crippen molar-refractivity contribution in [1.82, 2.24) is 4.90 Å². The van der Waals surface area contributed by atoms with Crippen LogP contribution in [0.1, 0.15) is 39.5 Å². The first-order valence-corrected chi connectivity index (χ1v) is 7.80. The summed E-state index contributed by atoms with van der Waals surface area (Å²) in [7, 11) is 1.78. The van der Waals surface area contributed by atoms with E-state index in [-0.39, 0.29) is 5.97 Å². The molecule has 118 valence electrons. The summed E-state index contributed by atoms with van der Waals surface area (Å²) in [6, 6.07) is 0. The van der Waals surface area contributed by atoms with Gasteiger partial charge in [-0.3, -0.25) is 4.99 Å². The fourth-order valence-electron chi connectivity index (χ4n) is 2.25. The fraction of sp³-hybridized carbons (Fsp3) is 0.688. The molecule has 0 aromatic rings. The minimum atomic E-state index is -0.250. The normalized spacial score (nSPS) is 17.9. The Morgan fingerprint density at radius 2 is 2.05 bits per heavy atom. The van der Waals surface area contributed by atoms with Crippen LogP contribution in [0.25, 0.3) is 0 Å². The zero-order chi connectivity index (χ0) is 15.5. The van der Waals surface area contributed by atoms with Crippen molar-refractivity contribution < 1.29 is 9.53 Å². The second-order valence-electron chi connectivity index (χ2n) is 5.06. The van der Waals surface area contributed by atoms with Crippen LogP contribution in [0.5, 0.6) is 0 Å². The van der Waals surface area contributed by atoms with E-state index < -0.39 is 0 Å². The van der Waals surface area contributed by atoms with Gasteiger partial charge >= 0.3 is 5.97 Å². The van der Waals surface area contributed by atoms with Gasteiger partial charge in [-0.1, -0.05) is 19.4 Å². The molecule has 0 aromatic carbocycles. The molecular formula is C16H27N3O2. The van der Waals surface area contributed by atoms with Gasteiger partial charge in [-0.2, -0.15) is 0 Å². The Kier molecular flexibility index (Phi) is 8.40. The van der Waals surface area contributed by atoms with Crippen LogP contribution in [0.2, 0.25) is 0 Å². The topological polar surface area (TPSA) is 54.3 Å². The predicted molar refractivity (Wildman–Crippen MR) is 86.8 cm³/mol. The minimum absolute atomic E-state index is 0.250. The van der Waals surface area contributed by atoms with Crippen LogP contribution < -0.4 is 0 Å². The molecule has 0 spiro atoms. The van der Waals surface area contributed by atoms with Gasteiger partial charge in [-0.25, -0.2) is 9.79 Å². The van der Waals surface area contributed by atoms with Crippen molar-refractivity contribution in [3.05, 3.63) is 12.2 Å². The van der Waals surface area contributed by atoms with Gasteiger partial charge in [0.05, 0.1) is 6.61 Å². The number of hydrogen-bond donors (Lipinski definition) is 0. The number of ether oxygens (including phenoxy) is 1. The monoisotopic (exact) mass is 293 g/mol. The lowest BCUT2D eigenvalue weighted by Gasteiger charge is -2.31. The number of hydrogen-bond acceptors (Lipinski definition) is 3. The smallest absolute Gasteiger partial charge is 0.330 e. The first-order valence-electron chi connectivity index (χ1n) is 7.80. The summed E-state index contributed by atoms with van der Waals surface area (Å²) in [6.45, 7) is 6.22. The maximum Gasteiger partial charge on any atom is 0.330 e. The number of aliphatic imine (C=N–C) groups is 2. The summed E-state index contributed by atoms with van der Waals surface area (Å²) < 4.78 is 4.89. The van der Waals surface area contributed by atoms with Gasteiger partial charge in [-0.05, 0) is 32.1 Å². The number of esters is 1. The second-order valence-corrected chi connectivity index (χ2v) is 5.06. The molecule has 1 aliphatic rings. The van der Waals surface area contributed by atoms with E-state index in [1.165, 1.54) is 0 Å². The third-order valence-electron chi connectivity index (χ3n) is 3.44. The molecule has 0 amide bonds. The molecular weight excluding hydrogens is 266 g/mol. The summed E-state index contributed by atoms with van der Waals surface area (Å²) >= 11 is 0. The van der Waals surface area contributed by atoms with E-state index in [9.17, 15) is 4.79 Å². The van der Waals surface area contributed by atoms with E-state index in [0.29, 0.717) is 12.5 Å². The Hall–Kier alpha value is -1.65. The second kappa shape index (κ2) is 10.1. The van der Waals surface area contributed by atoms with Crippen molar-refractivity contribution in [2.45, 2.75) is 39.5 Å². The average molecular weight is 293 g/mol. The Morgan fingerprint density at radius 1 is 1.33 bits per heavy atom. The molecule has 21 heavy (non-hydrogen) atoms. The lowest BCUT2D eigenvalue weighted by Crippen LogP contribution is -2.37. The van der Waals surface area contributed by atoms with E-state index in [0.717, 1.165) is 44.7 Å². The van der Waals surface area contributed by atoms with Gasteiger partial charge in [0.1, 0.15) is 0 Å². The molecule has 1 fully saturated rings. The molecule has 1 aliphatic heterocycles. The van der Waals surface area contributed by atoms with E-state index in [4.69, 9.17) is 4.74 Å². The molecule has 0 atom stereocenters. The summed E-state index contributed by atoms with van der Waals surface area (Å²) in [5.41, 5.74) is 0. The van der Waals surface area contributed by atoms with Crippen LogP contribution in [-0.4, -0.2) is 49.8 Å². The largest absolute Gasteiger partial charge is 0.463 e. The number of unbranched alkanes of at least 4 members (excludes halogenated alkanes) is 1. The van der Waals surface area contributed by atoms with Gasteiger partial charge in [0.15, 0.2) is 0 Å². The molecule has 0 N–H and O–H groups in total. The number of nitrogens with zero attached hydrogens (tertiary/aromatic N) is 3. The summed E-state index contributed by atoms with van der Waals surface area (Å²) in [4.78, 5) is 22.2. The van der Waals surface area contributed by atoms with E-state index >= 15 is 0 Å². The van der Waals surface area contributed by atoms with Crippen LogP contribution >= 0.6 is 0 Å².